The zero-order valence-electron chi connectivity index (χ0n) is 10.6. The Hall–Kier alpha value is -1.73. The number of carbonyl (C=O) groups excluding carboxylic acids is 1. The van der Waals surface area contributed by atoms with Crippen molar-refractivity contribution in [2.75, 3.05) is 0 Å². The van der Waals surface area contributed by atoms with Gasteiger partial charge in [-0.25, -0.2) is 0 Å². The van der Waals surface area contributed by atoms with Crippen molar-refractivity contribution in [2.24, 2.45) is 0 Å². The maximum absolute atomic E-state index is 12.1. The number of nitrogens with zero attached hydrogens (tertiary/aromatic N) is 1. The molecule has 7 heteroatoms. The molecular weight excluding hydrogens is 344 g/mol. The predicted octanol–water partition coefficient (Wildman–Crippen LogP) is 3.66. The summed E-state index contributed by atoms with van der Waals surface area (Å²) in [6, 6.07) is 6.39. The molecule has 1 heterocycles. The molecule has 0 bridgehead atoms. The highest BCUT2D eigenvalue weighted by Gasteiger charge is 2.19. The Morgan fingerprint density at radius 3 is 2.80 bits per heavy atom. The van der Waals surface area contributed by atoms with E-state index in [1.54, 1.807) is 13.0 Å². The van der Waals surface area contributed by atoms with Crippen LogP contribution < -0.4 is 5.32 Å². The molecule has 2 rings (SSSR count). The summed E-state index contributed by atoms with van der Waals surface area (Å²) >= 11 is 4.84. The van der Waals surface area contributed by atoms with E-state index < -0.39 is 10.8 Å². The van der Waals surface area contributed by atoms with Gasteiger partial charge >= 0.3 is 0 Å². The van der Waals surface area contributed by atoms with E-state index in [4.69, 9.17) is 0 Å². The van der Waals surface area contributed by atoms with Gasteiger partial charge in [0.2, 0.25) is 0 Å². The molecule has 1 N–H and O–H groups in total. The van der Waals surface area contributed by atoms with Crippen molar-refractivity contribution in [3.05, 3.63) is 60.2 Å². The van der Waals surface area contributed by atoms with Crippen LogP contribution in [0.1, 0.15) is 20.8 Å². The molecule has 0 aliphatic heterocycles. The number of aryl methyl sites for hydroxylation is 1. The highest BCUT2D eigenvalue weighted by molar-refractivity contribution is 9.10. The first-order valence-corrected chi connectivity index (χ1v) is 7.41. The lowest BCUT2D eigenvalue weighted by Crippen LogP contribution is -2.23. The standard InChI is InChI=1S/C13H11BrN2O3S/c1-8-2-3-12(16(18)19)11(4-8)13(17)15-6-10-5-9(14)7-20-10/h2-5,7H,6H2,1H3,(H,15,17). The van der Waals surface area contributed by atoms with Crippen LogP contribution in [0, 0.1) is 17.0 Å². The Balaban J connectivity index is 2.16. The number of nitro groups is 1. The summed E-state index contributed by atoms with van der Waals surface area (Å²) in [4.78, 5) is 23.4. The van der Waals surface area contributed by atoms with Gasteiger partial charge < -0.3 is 5.32 Å². The minimum atomic E-state index is -0.546. The van der Waals surface area contributed by atoms with Crippen LogP contribution in [0.3, 0.4) is 0 Å². The SMILES string of the molecule is Cc1ccc([N+](=O)[O-])c(C(=O)NCc2cc(Br)cs2)c1. The number of hydrogen-bond donors (Lipinski definition) is 1. The molecule has 1 aromatic carbocycles. The number of rotatable bonds is 4. The number of nitrogens with one attached hydrogen (secondary N) is 1. The van der Waals surface area contributed by atoms with Crippen molar-refractivity contribution in [2.45, 2.75) is 13.5 Å². The summed E-state index contributed by atoms with van der Waals surface area (Å²) < 4.78 is 0.952. The van der Waals surface area contributed by atoms with E-state index in [-0.39, 0.29) is 11.3 Å². The van der Waals surface area contributed by atoms with Crippen molar-refractivity contribution >= 4 is 38.9 Å². The molecule has 1 amide bonds. The molecule has 1 aromatic heterocycles. The van der Waals surface area contributed by atoms with Crippen LogP contribution in [-0.2, 0) is 6.54 Å². The summed E-state index contributed by atoms with van der Waals surface area (Å²) in [6.45, 7) is 2.14. The van der Waals surface area contributed by atoms with Crippen molar-refractivity contribution < 1.29 is 9.72 Å². The van der Waals surface area contributed by atoms with Crippen LogP contribution in [0.5, 0.6) is 0 Å². The number of carbonyl (C=O) groups is 1. The molecule has 5 nitrogen and oxygen atoms in total. The van der Waals surface area contributed by atoms with Crippen molar-refractivity contribution in [3.8, 4) is 0 Å². The molecule has 0 unspecified atom stereocenters. The molecule has 0 aliphatic carbocycles. The first-order valence-electron chi connectivity index (χ1n) is 5.73. The Kier molecular flexibility index (Phi) is 4.51. The third-order valence-electron chi connectivity index (χ3n) is 2.64. The van der Waals surface area contributed by atoms with Crippen molar-refractivity contribution in [1.82, 2.24) is 5.32 Å². The third kappa shape index (κ3) is 3.43. The van der Waals surface area contributed by atoms with Crippen LogP contribution in [0.4, 0.5) is 5.69 Å². The van der Waals surface area contributed by atoms with Gasteiger partial charge in [0.05, 0.1) is 11.5 Å². The maximum Gasteiger partial charge on any atom is 0.282 e. The van der Waals surface area contributed by atoms with E-state index >= 15 is 0 Å². The van der Waals surface area contributed by atoms with E-state index in [1.165, 1.54) is 23.5 Å². The van der Waals surface area contributed by atoms with Crippen molar-refractivity contribution in [1.29, 1.82) is 0 Å². The Labute approximate surface area is 127 Å². The fourth-order valence-electron chi connectivity index (χ4n) is 1.70. The van der Waals surface area contributed by atoms with Crippen LogP contribution in [-0.4, -0.2) is 10.8 Å². The smallest absolute Gasteiger partial charge is 0.282 e. The third-order valence-corrected chi connectivity index (χ3v) is 4.34. The highest BCUT2D eigenvalue weighted by atomic mass is 79.9. The number of amides is 1. The lowest BCUT2D eigenvalue weighted by Gasteiger charge is -2.05. The van der Waals surface area contributed by atoms with Gasteiger partial charge in [-0.15, -0.1) is 11.3 Å². The number of hydrogen-bond acceptors (Lipinski definition) is 4. The van der Waals surface area contributed by atoms with Gasteiger partial charge in [-0.3, -0.25) is 14.9 Å². The van der Waals surface area contributed by atoms with Gasteiger partial charge in [-0.05, 0) is 40.5 Å². The monoisotopic (exact) mass is 354 g/mol. The minimum absolute atomic E-state index is 0.0885. The second kappa shape index (κ2) is 6.15. The first-order chi connectivity index (χ1) is 9.47. The number of benzene rings is 1. The second-order valence-electron chi connectivity index (χ2n) is 4.19. The predicted molar refractivity (Wildman–Crippen MR) is 81.0 cm³/mol. The summed E-state index contributed by atoms with van der Waals surface area (Å²) in [5, 5.41) is 15.5. The van der Waals surface area contributed by atoms with Crippen molar-refractivity contribution in [3.63, 3.8) is 0 Å². The van der Waals surface area contributed by atoms with Gasteiger partial charge in [-0.1, -0.05) is 6.07 Å². The fraction of sp³-hybridized carbons (Fsp3) is 0.154. The number of halogens is 1. The quantitative estimate of drug-likeness (QED) is 0.672. The van der Waals surface area contributed by atoms with E-state index in [0.29, 0.717) is 6.54 Å². The molecular formula is C13H11BrN2O3S. The van der Waals surface area contributed by atoms with Gasteiger partial charge in [0, 0.05) is 20.8 Å². The van der Waals surface area contributed by atoms with Crippen LogP contribution in [0.15, 0.2) is 34.1 Å². The molecule has 0 fully saturated rings. The van der Waals surface area contributed by atoms with Gasteiger partial charge in [0.1, 0.15) is 5.56 Å². The molecule has 2 aromatic rings. The lowest BCUT2D eigenvalue weighted by atomic mass is 10.1. The van der Waals surface area contributed by atoms with E-state index in [1.807, 2.05) is 11.4 Å². The molecule has 104 valence electrons. The lowest BCUT2D eigenvalue weighted by molar-refractivity contribution is -0.385. The van der Waals surface area contributed by atoms with E-state index in [9.17, 15) is 14.9 Å². The zero-order chi connectivity index (χ0) is 14.7. The summed E-state index contributed by atoms with van der Waals surface area (Å²) in [7, 11) is 0. The molecule has 20 heavy (non-hydrogen) atoms. The Bertz CT molecular complexity index is 669. The Morgan fingerprint density at radius 2 is 2.20 bits per heavy atom. The molecule has 0 saturated carbocycles. The summed E-state index contributed by atoms with van der Waals surface area (Å²) in [5.41, 5.74) is 0.714. The molecule has 0 spiro atoms. The normalized spacial score (nSPS) is 10.3. The van der Waals surface area contributed by atoms with Crippen LogP contribution in [0.25, 0.3) is 0 Å². The molecule has 0 radical (unpaired) electrons. The molecule has 0 aliphatic rings. The summed E-state index contributed by atoms with van der Waals surface area (Å²) in [5.74, 6) is -0.440. The Morgan fingerprint density at radius 1 is 1.45 bits per heavy atom. The largest absolute Gasteiger partial charge is 0.347 e. The maximum atomic E-state index is 12.1. The van der Waals surface area contributed by atoms with Gasteiger partial charge in [0.15, 0.2) is 0 Å². The number of thiophene rings is 1. The summed E-state index contributed by atoms with van der Waals surface area (Å²) in [6.07, 6.45) is 0. The average molecular weight is 355 g/mol. The average Bonchev–Trinajstić information content (AvgIpc) is 2.81. The van der Waals surface area contributed by atoms with Gasteiger partial charge in [-0.2, -0.15) is 0 Å². The first kappa shape index (κ1) is 14.7. The van der Waals surface area contributed by atoms with E-state index in [2.05, 4.69) is 21.2 Å². The van der Waals surface area contributed by atoms with Gasteiger partial charge in [0.25, 0.3) is 11.6 Å². The number of nitro benzene ring substituents is 1. The van der Waals surface area contributed by atoms with E-state index in [0.717, 1.165) is 14.9 Å². The minimum Gasteiger partial charge on any atom is -0.347 e. The fourth-order valence-corrected chi connectivity index (χ4v) is 3.09. The molecule has 0 atom stereocenters. The van der Waals surface area contributed by atoms with Crippen LogP contribution in [0.2, 0.25) is 0 Å². The highest BCUT2D eigenvalue weighted by Crippen LogP contribution is 2.21. The zero-order valence-corrected chi connectivity index (χ0v) is 13.0. The molecule has 0 saturated heterocycles. The second-order valence-corrected chi connectivity index (χ2v) is 6.10. The van der Waals surface area contributed by atoms with Crippen LogP contribution >= 0.6 is 27.3 Å². The topological polar surface area (TPSA) is 72.2 Å².